The number of nitrogen functional groups attached to an aromatic ring is 1. The summed E-state index contributed by atoms with van der Waals surface area (Å²) in [5.74, 6) is -1.36. The highest BCUT2D eigenvalue weighted by Gasteiger charge is 2.23. The zero-order valence-corrected chi connectivity index (χ0v) is 21.8. The number of hydrogen-bond acceptors (Lipinski definition) is 6. The number of aromatic nitrogens is 2. The fraction of sp³-hybridized carbons (Fsp3) is 0.393. The molecule has 0 saturated heterocycles. The molecule has 37 heavy (non-hydrogen) atoms. The molecular weight excluding hydrogens is 478 g/mol. The van der Waals surface area contributed by atoms with Crippen LogP contribution in [0.15, 0.2) is 42.6 Å². The largest absolute Gasteiger partial charge is 0.400 e. The summed E-state index contributed by atoms with van der Waals surface area (Å²) in [6, 6.07) is 8.65. The molecule has 4 rings (SSSR count). The average Bonchev–Trinajstić information content (AvgIpc) is 2.90. The van der Waals surface area contributed by atoms with Crippen LogP contribution in [-0.4, -0.2) is 39.3 Å². The first-order chi connectivity index (χ1) is 17.8. The Labute approximate surface area is 216 Å². The van der Waals surface area contributed by atoms with E-state index in [1.807, 2.05) is 13.8 Å². The first-order valence-corrected chi connectivity index (χ1v) is 12.4. The van der Waals surface area contributed by atoms with Gasteiger partial charge in [-0.25, -0.2) is 18.7 Å². The van der Waals surface area contributed by atoms with E-state index in [0.717, 1.165) is 31.2 Å². The summed E-state index contributed by atoms with van der Waals surface area (Å²) in [6.45, 7) is 5.84. The SMILES string of the molecule is CC.CO.Cc1cc(F)cc(CNC(=O)c2ccc(-c3nc(C4CCC(O)CC4)cnc3N)cc2F)c1. The van der Waals surface area contributed by atoms with Gasteiger partial charge in [0.25, 0.3) is 5.91 Å². The van der Waals surface area contributed by atoms with Crippen LogP contribution >= 0.6 is 0 Å². The molecule has 200 valence electrons. The number of benzene rings is 2. The Morgan fingerprint density at radius 1 is 1.08 bits per heavy atom. The van der Waals surface area contributed by atoms with Gasteiger partial charge in [-0.2, -0.15) is 0 Å². The monoisotopic (exact) mass is 514 g/mol. The lowest BCUT2D eigenvalue weighted by molar-refractivity contribution is 0.0946. The van der Waals surface area contributed by atoms with E-state index in [9.17, 15) is 18.7 Å². The number of aliphatic hydroxyl groups is 2. The smallest absolute Gasteiger partial charge is 0.254 e. The first kappa shape index (κ1) is 29.8. The van der Waals surface area contributed by atoms with Crippen LogP contribution in [0.2, 0.25) is 0 Å². The number of amides is 1. The maximum atomic E-state index is 14.8. The van der Waals surface area contributed by atoms with Gasteiger partial charge in [-0.05, 0) is 68.0 Å². The predicted molar refractivity (Wildman–Crippen MR) is 141 cm³/mol. The van der Waals surface area contributed by atoms with Crippen molar-refractivity contribution >= 4 is 11.7 Å². The first-order valence-electron chi connectivity index (χ1n) is 12.4. The Bertz CT molecular complexity index is 1160. The fourth-order valence-electron chi connectivity index (χ4n) is 4.23. The Balaban J connectivity index is 0.00000115. The molecule has 0 unspecified atom stereocenters. The van der Waals surface area contributed by atoms with Crippen molar-refractivity contribution in [3.8, 4) is 11.3 Å². The van der Waals surface area contributed by atoms with Gasteiger partial charge in [-0.15, -0.1) is 0 Å². The minimum Gasteiger partial charge on any atom is -0.400 e. The van der Waals surface area contributed by atoms with Crippen molar-refractivity contribution in [3.63, 3.8) is 0 Å². The van der Waals surface area contributed by atoms with Crippen LogP contribution in [-0.2, 0) is 6.54 Å². The van der Waals surface area contributed by atoms with Gasteiger partial charge in [0.15, 0.2) is 0 Å². The van der Waals surface area contributed by atoms with Crippen LogP contribution in [0, 0.1) is 18.6 Å². The second kappa shape index (κ2) is 14.3. The van der Waals surface area contributed by atoms with Crippen molar-refractivity contribution < 1.29 is 23.8 Å². The van der Waals surface area contributed by atoms with Crippen molar-refractivity contribution in [1.82, 2.24) is 15.3 Å². The number of aliphatic hydroxyl groups excluding tert-OH is 2. The van der Waals surface area contributed by atoms with Crippen molar-refractivity contribution in [3.05, 3.63) is 76.6 Å². The van der Waals surface area contributed by atoms with Gasteiger partial charge in [0, 0.05) is 25.1 Å². The second-order valence-corrected chi connectivity index (χ2v) is 8.55. The highest BCUT2D eigenvalue weighted by molar-refractivity contribution is 5.95. The van der Waals surface area contributed by atoms with Crippen molar-refractivity contribution in [2.24, 2.45) is 0 Å². The van der Waals surface area contributed by atoms with Gasteiger partial charge < -0.3 is 21.3 Å². The van der Waals surface area contributed by atoms with E-state index in [1.165, 1.54) is 24.3 Å². The Morgan fingerprint density at radius 3 is 2.38 bits per heavy atom. The molecule has 1 heterocycles. The minimum absolute atomic E-state index is 0.0786. The molecule has 1 aromatic heterocycles. The van der Waals surface area contributed by atoms with E-state index in [4.69, 9.17) is 10.8 Å². The van der Waals surface area contributed by atoms with Crippen LogP contribution in [0.3, 0.4) is 0 Å². The quantitative estimate of drug-likeness (QED) is 0.384. The lowest BCUT2D eigenvalue weighted by Crippen LogP contribution is -2.24. The van der Waals surface area contributed by atoms with Crippen LogP contribution in [0.4, 0.5) is 14.6 Å². The van der Waals surface area contributed by atoms with Crippen LogP contribution in [0.5, 0.6) is 0 Å². The molecule has 7 nitrogen and oxygen atoms in total. The maximum absolute atomic E-state index is 14.8. The number of nitrogens with one attached hydrogen (secondary N) is 1. The van der Waals surface area contributed by atoms with Crippen LogP contribution in [0.25, 0.3) is 11.3 Å². The predicted octanol–water partition coefficient (Wildman–Crippen LogP) is 4.90. The van der Waals surface area contributed by atoms with E-state index < -0.39 is 11.7 Å². The van der Waals surface area contributed by atoms with Crippen molar-refractivity contribution in [1.29, 1.82) is 0 Å². The van der Waals surface area contributed by atoms with Gasteiger partial charge in [0.1, 0.15) is 23.1 Å². The highest BCUT2D eigenvalue weighted by Crippen LogP contribution is 2.33. The zero-order valence-electron chi connectivity index (χ0n) is 21.8. The Hall–Kier alpha value is -3.43. The number of carbonyl (C=O) groups is 1. The summed E-state index contributed by atoms with van der Waals surface area (Å²) in [7, 11) is 1.00. The molecule has 0 atom stereocenters. The van der Waals surface area contributed by atoms with Gasteiger partial charge >= 0.3 is 0 Å². The third-order valence-electron chi connectivity index (χ3n) is 5.98. The van der Waals surface area contributed by atoms with Crippen molar-refractivity contribution in [2.45, 2.75) is 65.0 Å². The topological polar surface area (TPSA) is 121 Å². The molecule has 1 fully saturated rings. The molecule has 9 heteroatoms. The number of aryl methyl sites for hydroxylation is 1. The van der Waals surface area contributed by atoms with E-state index >= 15 is 0 Å². The Morgan fingerprint density at radius 2 is 1.76 bits per heavy atom. The molecular formula is C28H36F2N4O3. The van der Waals surface area contributed by atoms with Gasteiger partial charge in [0.2, 0.25) is 0 Å². The van der Waals surface area contributed by atoms with Gasteiger partial charge in [-0.3, -0.25) is 4.79 Å². The van der Waals surface area contributed by atoms with Crippen LogP contribution in [0.1, 0.15) is 72.6 Å². The number of rotatable bonds is 5. The molecule has 2 aromatic carbocycles. The molecule has 3 aromatic rings. The molecule has 0 spiro atoms. The number of halogens is 2. The van der Waals surface area contributed by atoms with E-state index in [-0.39, 0.29) is 35.8 Å². The molecule has 0 aliphatic heterocycles. The van der Waals surface area contributed by atoms with Gasteiger partial charge in [-0.1, -0.05) is 26.0 Å². The summed E-state index contributed by atoms with van der Waals surface area (Å²) in [4.78, 5) is 21.4. The van der Waals surface area contributed by atoms with E-state index in [0.29, 0.717) is 29.7 Å². The standard InChI is InChI=1S/C25H26F2N4O2.C2H6.CH4O/c1-14-8-15(10-18(26)9-14)12-30-25(33)20-7-4-17(11-21(20)27)23-24(28)29-13-22(31-23)16-2-5-19(32)6-3-16;2*1-2/h4,7-11,13,16,19,32H,2-3,5-6,12H2,1H3,(H2,28,29)(H,30,33);1-2H3;2H,1H3. The summed E-state index contributed by atoms with van der Waals surface area (Å²) >= 11 is 0. The summed E-state index contributed by atoms with van der Waals surface area (Å²) in [5, 5.41) is 19.4. The lowest BCUT2D eigenvalue weighted by Gasteiger charge is -2.25. The molecule has 1 saturated carbocycles. The number of anilines is 1. The second-order valence-electron chi connectivity index (χ2n) is 8.55. The van der Waals surface area contributed by atoms with E-state index in [2.05, 4.69) is 15.3 Å². The number of nitrogens with two attached hydrogens (primary N) is 1. The molecule has 0 bridgehead atoms. The molecule has 1 aliphatic rings. The zero-order chi connectivity index (χ0) is 27.5. The fourth-order valence-corrected chi connectivity index (χ4v) is 4.23. The van der Waals surface area contributed by atoms with Crippen LogP contribution < -0.4 is 11.1 Å². The summed E-state index contributed by atoms with van der Waals surface area (Å²) in [5.41, 5.74) is 8.76. The summed E-state index contributed by atoms with van der Waals surface area (Å²) < 4.78 is 28.4. The minimum atomic E-state index is -0.715. The molecule has 5 N–H and O–H groups in total. The number of nitrogens with zero attached hydrogens (tertiary/aromatic N) is 2. The molecule has 1 aliphatic carbocycles. The number of carbonyl (C=O) groups excluding carboxylic acids is 1. The third kappa shape index (κ3) is 8.03. The normalized spacial score (nSPS) is 16.5. The molecule has 1 amide bonds. The number of hydrogen-bond donors (Lipinski definition) is 4. The maximum Gasteiger partial charge on any atom is 0.254 e. The third-order valence-corrected chi connectivity index (χ3v) is 5.98. The summed E-state index contributed by atoms with van der Waals surface area (Å²) in [6.07, 6.45) is 4.38. The van der Waals surface area contributed by atoms with Crippen molar-refractivity contribution in [2.75, 3.05) is 12.8 Å². The van der Waals surface area contributed by atoms with E-state index in [1.54, 1.807) is 25.3 Å². The van der Waals surface area contributed by atoms with Gasteiger partial charge in [0.05, 0.1) is 23.6 Å². The Kier molecular flexibility index (Phi) is 11.6. The lowest BCUT2D eigenvalue weighted by atomic mass is 9.85. The highest BCUT2D eigenvalue weighted by atomic mass is 19.1. The molecule has 0 radical (unpaired) electrons. The average molecular weight is 515 g/mol.